The van der Waals surface area contributed by atoms with Crippen molar-refractivity contribution in [1.29, 1.82) is 5.26 Å². The molecule has 0 radical (unpaired) electrons. The first kappa shape index (κ1) is 14.7. The highest BCUT2D eigenvalue weighted by atomic mass is 32.2. The summed E-state index contributed by atoms with van der Waals surface area (Å²) in [6.45, 7) is 5.75. The van der Waals surface area contributed by atoms with E-state index >= 15 is 0 Å². The molecule has 0 saturated heterocycles. The zero-order chi connectivity index (χ0) is 13.8. The van der Waals surface area contributed by atoms with Gasteiger partial charge in [-0.2, -0.15) is 5.26 Å². The minimum absolute atomic E-state index is 0.0842. The predicted octanol–water partition coefficient (Wildman–Crippen LogP) is 2.15. The number of hydrogen-bond acceptors (Lipinski definition) is 4. The summed E-state index contributed by atoms with van der Waals surface area (Å²) in [5, 5.41) is 8.74. The van der Waals surface area contributed by atoms with E-state index in [-0.39, 0.29) is 22.9 Å². The molecule has 98 valence electrons. The van der Waals surface area contributed by atoms with Gasteiger partial charge in [0.05, 0.1) is 34.5 Å². The van der Waals surface area contributed by atoms with Crippen molar-refractivity contribution in [2.24, 2.45) is 0 Å². The summed E-state index contributed by atoms with van der Waals surface area (Å²) in [5.41, 5.74) is -0.0166. The molecule has 5 heteroatoms. The summed E-state index contributed by atoms with van der Waals surface area (Å²) < 4.78 is 29.4. The largest absolute Gasteiger partial charge is 0.375 e. The van der Waals surface area contributed by atoms with E-state index in [1.54, 1.807) is 12.1 Å². The molecular weight excluding hydrogens is 250 g/mol. The third-order valence-electron chi connectivity index (χ3n) is 2.21. The first-order chi connectivity index (χ1) is 8.24. The second-order valence-electron chi connectivity index (χ2n) is 4.92. The van der Waals surface area contributed by atoms with Crippen molar-refractivity contribution in [3.05, 3.63) is 29.8 Å². The minimum atomic E-state index is -3.39. The topological polar surface area (TPSA) is 67.2 Å². The number of sulfone groups is 1. The fraction of sp³-hybridized carbons (Fsp3) is 0.462. The van der Waals surface area contributed by atoms with Crippen LogP contribution in [0.15, 0.2) is 29.2 Å². The summed E-state index contributed by atoms with van der Waals surface area (Å²) >= 11 is 0. The van der Waals surface area contributed by atoms with Crippen molar-refractivity contribution in [3.8, 4) is 6.07 Å². The van der Waals surface area contributed by atoms with E-state index in [9.17, 15) is 8.42 Å². The summed E-state index contributed by atoms with van der Waals surface area (Å²) in [7, 11) is -3.39. The van der Waals surface area contributed by atoms with Gasteiger partial charge in [0.25, 0.3) is 0 Å². The van der Waals surface area contributed by atoms with Crippen molar-refractivity contribution in [2.75, 3.05) is 12.4 Å². The monoisotopic (exact) mass is 267 g/mol. The third kappa shape index (κ3) is 4.47. The Labute approximate surface area is 108 Å². The van der Waals surface area contributed by atoms with Crippen LogP contribution in [0.2, 0.25) is 0 Å². The number of hydrogen-bond donors (Lipinski definition) is 0. The summed E-state index contributed by atoms with van der Waals surface area (Å²) in [4.78, 5) is 0.166. The van der Waals surface area contributed by atoms with Gasteiger partial charge in [0.15, 0.2) is 9.84 Å². The molecule has 1 aromatic carbocycles. The lowest BCUT2D eigenvalue weighted by atomic mass is 10.2. The van der Waals surface area contributed by atoms with Gasteiger partial charge < -0.3 is 4.74 Å². The van der Waals surface area contributed by atoms with Gasteiger partial charge in [-0.1, -0.05) is 6.07 Å². The lowest BCUT2D eigenvalue weighted by Crippen LogP contribution is -2.23. The number of ether oxygens (including phenoxy) is 1. The molecular formula is C13H17NO3S. The van der Waals surface area contributed by atoms with Crippen molar-refractivity contribution in [2.45, 2.75) is 31.3 Å². The summed E-state index contributed by atoms with van der Waals surface area (Å²) in [5.74, 6) is -0.0842. The maximum Gasteiger partial charge on any atom is 0.180 e. The fourth-order valence-corrected chi connectivity index (χ4v) is 2.47. The third-order valence-corrected chi connectivity index (χ3v) is 3.89. The van der Waals surface area contributed by atoms with Gasteiger partial charge in [0.2, 0.25) is 0 Å². The van der Waals surface area contributed by atoms with Gasteiger partial charge in [0, 0.05) is 0 Å². The summed E-state index contributed by atoms with van der Waals surface area (Å²) in [6, 6.07) is 7.94. The second kappa shape index (κ2) is 5.51. The smallest absolute Gasteiger partial charge is 0.180 e. The number of benzene rings is 1. The quantitative estimate of drug-likeness (QED) is 0.838. The molecule has 0 fully saturated rings. The van der Waals surface area contributed by atoms with Crippen molar-refractivity contribution in [1.82, 2.24) is 0 Å². The second-order valence-corrected chi connectivity index (χ2v) is 7.03. The van der Waals surface area contributed by atoms with E-state index in [2.05, 4.69) is 0 Å². The minimum Gasteiger partial charge on any atom is -0.375 e. The number of nitrogens with zero attached hydrogens (tertiary/aromatic N) is 1. The molecule has 0 aliphatic rings. The lowest BCUT2D eigenvalue weighted by molar-refractivity contribution is 0.00644. The van der Waals surface area contributed by atoms with Crippen LogP contribution in [0, 0.1) is 11.3 Å². The average Bonchev–Trinajstić information content (AvgIpc) is 2.27. The van der Waals surface area contributed by atoms with Crippen LogP contribution in [0.25, 0.3) is 0 Å². The molecule has 0 heterocycles. The van der Waals surface area contributed by atoms with Crippen LogP contribution in [-0.2, 0) is 14.6 Å². The molecule has 0 unspecified atom stereocenters. The number of nitriles is 1. The highest BCUT2D eigenvalue weighted by Crippen LogP contribution is 2.14. The Morgan fingerprint density at radius 2 is 2.00 bits per heavy atom. The van der Waals surface area contributed by atoms with Gasteiger partial charge in [-0.3, -0.25) is 0 Å². The van der Waals surface area contributed by atoms with Crippen LogP contribution in [0.3, 0.4) is 0 Å². The van der Waals surface area contributed by atoms with Gasteiger partial charge in [-0.05, 0) is 39.0 Å². The molecule has 1 aromatic rings. The molecule has 18 heavy (non-hydrogen) atoms. The fourth-order valence-electron chi connectivity index (χ4n) is 1.33. The molecule has 0 atom stereocenters. The van der Waals surface area contributed by atoms with Gasteiger partial charge in [-0.15, -0.1) is 0 Å². The first-order valence-corrected chi connectivity index (χ1v) is 7.27. The van der Waals surface area contributed by atoms with E-state index < -0.39 is 9.84 Å². The Morgan fingerprint density at radius 3 is 2.56 bits per heavy atom. The van der Waals surface area contributed by atoms with E-state index in [1.165, 1.54) is 12.1 Å². The van der Waals surface area contributed by atoms with Crippen LogP contribution >= 0.6 is 0 Å². The molecule has 0 aliphatic heterocycles. The SMILES string of the molecule is CC(C)(C)OCCS(=O)(=O)c1cccc(C#N)c1. The van der Waals surface area contributed by atoms with E-state index in [4.69, 9.17) is 10.00 Å². The first-order valence-electron chi connectivity index (χ1n) is 5.61. The Hall–Kier alpha value is -1.38. The normalized spacial score (nSPS) is 12.1. The van der Waals surface area contributed by atoms with Crippen molar-refractivity contribution < 1.29 is 13.2 Å². The van der Waals surface area contributed by atoms with E-state index in [0.717, 1.165) is 0 Å². The van der Waals surface area contributed by atoms with Crippen LogP contribution in [-0.4, -0.2) is 26.4 Å². The zero-order valence-electron chi connectivity index (χ0n) is 10.8. The average molecular weight is 267 g/mol. The lowest BCUT2D eigenvalue weighted by Gasteiger charge is -2.19. The Balaban J connectivity index is 2.78. The molecule has 0 spiro atoms. The maximum atomic E-state index is 12.0. The number of rotatable bonds is 4. The molecule has 0 amide bonds. The maximum absolute atomic E-state index is 12.0. The Morgan fingerprint density at radius 1 is 1.33 bits per heavy atom. The molecule has 0 N–H and O–H groups in total. The highest BCUT2D eigenvalue weighted by Gasteiger charge is 2.17. The van der Waals surface area contributed by atoms with E-state index in [1.807, 2.05) is 26.8 Å². The standard InChI is InChI=1S/C13H17NO3S/c1-13(2,3)17-7-8-18(15,16)12-6-4-5-11(9-12)10-14/h4-6,9H,7-8H2,1-3H3. The molecule has 1 rings (SSSR count). The Bertz CT molecular complexity index is 550. The van der Waals surface area contributed by atoms with Gasteiger partial charge in [-0.25, -0.2) is 8.42 Å². The van der Waals surface area contributed by atoms with Gasteiger partial charge >= 0.3 is 0 Å². The zero-order valence-corrected chi connectivity index (χ0v) is 11.6. The highest BCUT2D eigenvalue weighted by molar-refractivity contribution is 7.91. The molecule has 0 bridgehead atoms. The molecule has 0 aromatic heterocycles. The van der Waals surface area contributed by atoms with Gasteiger partial charge in [0.1, 0.15) is 0 Å². The van der Waals surface area contributed by atoms with Crippen LogP contribution in [0.1, 0.15) is 26.3 Å². The van der Waals surface area contributed by atoms with Crippen molar-refractivity contribution in [3.63, 3.8) is 0 Å². The van der Waals surface area contributed by atoms with E-state index in [0.29, 0.717) is 5.56 Å². The van der Waals surface area contributed by atoms with Crippen LogP contribution in [0.5, 0.6) is 0 Å². The van der Waals surface area contributed by atoms with Crippen LogP contribution < -0.4 is 0 Å². The van der Waals surface area contributed by atoms with Crippen molar-refractivity contribution >= 4 is 9.84 Å². The molecule has 4 nitrogen and oxygen atoms in total. The summed E-state index contributed by atoms with van der Waals surface area (Å²) in [6.07, 6.45) is 0. The predicted molar refractivity (Wildman–Crippen MR) is 68.9 cm³/mol. The molecule has 0 aliphatic carbocycles. The molecule has 0 saturated carbocycles. The Kier molecular flexibility index (Phi) is 4.49. The van der Waals surface area contributed by atoms with Crippen LogP contribution in [0.4, 0.5) is 0 Å².